The molecule has 0 aromatic heterocycles. The molecule has 2 heterocycles. The van der Waals surface area contributed by atoms with Crippen LogP contribution in [0.25, 0.3) is 0 Å². The zero-order valence-corrected chi connectivity index (χ0v) is 12.3. The SMILES string of the molecule is COC(=O)C1CCN(C(=O)CN2CCC(C)(O)C2)CC1. The molecule has 0 aromatic carbocycles. The fourth-order valence-electron chi connectivity index (χ4n) is 3.00. The van der Waals surface area contributed by atoms with Gasteiger partial charge in [-0.1, -0.05) is 0 Å². The van der Waals surface area contributed by atoms with Crippen LogP contribution in [0.3, 0.4) is 0 Å². The molecular formula is C14H24N2O4. The lowest BCUT2D eigenvalue weighted by Crippen LogP contribution is -2.45. The van der Waals surface area contributed by atoms with Gasteiger partial charge in [-0.3, -0.25) is 14.5 Å². The number of ether oxygens (including phenoxy) is 1. The summed E-state index contributed by atoms with van der Waals surface area (Å²) < 4.78 is 4.74. The number of methoxy groups -OCH3 is 1. The molecule has 6 heteroatoms. The third-order valence-corrected chi connectivity index (χ3v) is 4.27. The Kier molecular flexibility index (Phi) is 4.65. The summed E-state index contributed by atoms with van der Waals surface area (Å²) in [6.45, 7) is 4.71. The van der Waals surface area contributed by atoms with Gasteiger partial charge in [-0.05, 0) is 26.2 Å². The van der Waals surface area contributed by atoms with E-state index in [2.05, 4.69) is 0 Å². The first-order valence-electron chi connectivity index (χ1n) is 7.21. The van der Waals surface area contributed by atoms with E-state index in [-0.39, 0.29) is 17.8 Å². The molecule has 2 aliphatic rings. The van der Waals surface area contributed by atoms with Gasteiger partial charge in [0.25, 0.3) is 0 Å². The Bertz CT molecular complexity index is 375. The maximum absolute atomic E-state index is 12.2. The first-order chi connectivity index (χ1) is 9.41. The zero-order chi connectivity index (χ0) is 14.8. The highest BCUT2D eigenvalue weighted by molar-refractivity contribution is 5.79. The molecule has 0 saturated carbocycles. The van der Waals surface area contributed by atoms with Gasteiger partial charge in [-0.25, -0.2) is 0 Å². The molecule has 114 valence electrons. The molecule has 0 bridgehead atoms. The Morgan fingerprint density at radius 3 is 2.45 bits per heavy atom. The van der Waals surface area contributed by atoms with Crippen molar-refractivity contribution >= 4 is 11.9 Å². The monoisotopic (exact) mass is 284 g/mol. The van der Waals surface area contributed by atoms with Crippen molar-refractivity contribution in [2.75, 3.05) is 39.8 Å². The number of piperidine rings is 1. The lowest BCUT2D eigenvalue weighted by molar-refractivity contribution is -0.149. The van der Waals surface area contributed by atoms with E-state index in [9.17, 15) is 14.7 Å². The van der Waals surface area contributed by atoms with Gasteiger partial charge in [0.2, 0.25) is 5.91 Å². The van der Waals surface area contributed by atoms with Crippen LogP contribution in [0.2, 0.25) is 0 Å². The summed E-state index contributed by atoms with van der Waals surface area (Å²) >= 11 is 0. The van der Waals surface area contributed by atoms with Crippen molar-refractivity contribution in [3.63, 3.8) is 0 Å². The molecule has 1 N–H and O–H groups in total. The van der Waals surface area contributed by atoms with Crippen LogP contribution in [0.15, 0.2) is 0 Å². The summed E-state index contributed by atoms with van der Waals surface area (Å²) in [5, 5.41) is 9.89. The van der Waals surface area contributed by atoms with Gasteiger partial charge in [0.15, 0.2) is 0 Å². The van der Waals surface area contributed by atoms with Crippen molar-refractivity contribution in [2.24, 2.45) is 5.92 Å². The molecule has 0 aliphatic carbocycles. The minimum absolute atomic E-state index is 0.0726. The summed E-state index contributed by atoms with van der Waals surface area (Å²) in [5.41, 5.74) is -0.668. The van der Waals surface area contributed by atoms with E-state index < -0.39 is 5.60 Å². The molecule has 6 nitrogen and oxygen atoms in total. The number of hydrogen-bond donors (Lipinski definition) is 1. The second kappa shape index (κ2) is 6.10. The fourth-order valence-corrected chi connectivity index (χ4v) is 3.00. The zero-order valence-electron chi connectivity index (χ0n) is 12.3. The first kappa shape index (κ1) is 15.3. The molecule has 2 saturated heterocycles. The number of esters is 1. The van der Waals surface area contributed by atoms with Crippen molar-refractivity contribution < 1.29 is 19.4 Å². The maximum Gasteiger partial charge on any atom is 0.308 e. The van der Waals surface area contributed by atoms with Gasteiger partial charge in [0.05, 0.1) is 25.2 Å². The number of nitrogens with zero attached hydrogens (tertiary/aromatic N) is 2. The summed E-state index contributed by atoms with van der Waals surface area (Å²) in [4.78, 5) is 27.4. The smallest absolute Gasteiger partial charge is 0.308 e. The second-order valence-corrected chi connectivity index (χ2v) is 6.14. The van der Waals surface area contributed by atoms with Gasteiger partial charge in [-0.2, -0.15) is 0 Å². The van der Waals surface area contributed by atoms with Crippen LogP contribution in [0, 0.1) is 5.92 Å². The lowest BCUT2D eigenvalue weighted by Gasteiger charge is -2.32. The van der Waals surface area contributed by atoms with Crippen LogP contribution >= 0.6 is 0 Å². The molecule has 2 rings (SSSR count). The molecule has 0 aromatic rings. The molecule has 0 spiro atoms. The number of likely N-dealkylation sites (tertiary alicyclic amines) is 2. The quantitative estimate of drug-likeness (QED) is 0.730. The van der Waals surface area contributed by atoms with Gasteiger partial charge in [0.1, 0.15) is 0 Å². The lowest BCUT2D eigenvalue weighted by atomic mass is 9.97. The van der Waals surface area contributed by atoms with Crippen LogP contribution in [-0.2, 0) is 14.3 Å². The molecule has 20 heavy (non-hydrogen) atoms. The van der Waals surface area contributed by atoms with Crippen molar-refractivity contribution in [1.29, 1.82) is 0 Å². The van der Waals surface area contributed by atoms with Gasteiger partial charge >= 0.3 is 5.97 Å². The van der Waals surface area contributed by atoms with Crippen LogP contribution in [-0.4, -0.2) is 72.2 Å². The third-order valence-electron chi connectivity index (χ3n) is 4.27. The molecule has 2 aliphatic heterocycles. The third kappa shape index (κ3) is 3.70. The summed E-state index contributed by atoms with van der Waals surface area (Å²) in [7, 11) is 1.40. The van der Waals surface area contributed by atoms with Crippen LogP contribution < -0.4 is 0 Å². The highest BCUT2D eigenvalue weighted by Gasteiger charge is 2.34. The number of β-amino-alcohol motifs (C(OH)–C–C–N with tert-alkyl or cyclic N) is 1. The summed E-state index contributed by atoms with van der Waals surface area (Å²) in [5.74, 6) is -0.157. The van der Waals surface area contributed by atoms with Gasteiger partial charge in [-0.15, -0.1) is 0 Å². The number of amides is 1. The van der Waals surface area contributed by atoms with E-state index in [1.54, 1.807) is 6.92 Å². The molecule has 1 atom stereocenters. The summed E-state index contributed by atoms with van der Waals surface area (Å²) in [6.07, 6.45) is 2.07. The Morgan fingerprint density at radius 1 is 1.30 bits per heavy atom. The van der Waals surface area contributed by atoms with Crippen LogP contribution in [0.1, 0.15) is 26.2 Å². The normalized spacial score (nSPS) is 28.6. The van der Waals surface area contributed by atoms with E-state index in [0.29, 0.717) is 45.4 Å². The maximum atomic E-state index is 12.2. The minimum atomic E-state index is -0.668. The van der Waals surface area contributed by atoms with Crippen LogP contribution in [0.5, 0.6) is 0 Å². The van der Waals surface area contributed by atoms with Crippen LogP contribution in [0.4, 0.5) is 0 Å². The number of aliphatic hydroxyl groups is 1. The van der Waals surface area contributed by atoms with E-state index in [0.717, 1.165) is 6.54 Å². The first-order valence-corrected chi connectivity index (χ1v) is 7.21. The Hall–Kier alpha value is -1.14. The van der Waals surface area contributed by atoms with Gasteiger partial charge in [0, 0.05) is 26.2 Å². The highest BCUT2D eigenvalue weighted by Crippen LogP contribution is 2.21. The van der Waals surface area contributed by atoms with Crippen molar-refractivity contribution in [3.05, 3.63) is 0 Å². The number of carbonyl (C=O) groups excluding carboxylic acids is 2. The summed E-state index contributed by atoms with van der Waals surface area (Å²) in [6, 6.07) is 0. The van der Waals surface area contributed by atoms with Crippen molar-refractivity contribution in [2.45, 2.75) is 31.8 Å². The predicted molar refractivity (Wildman–Crippen MR) is 73.0 cm³/mol. The van der Waals surface area contributed by atoms with Gasteiger partial charge < -0.3 is 14.7 Å². The fraction of sp³-hybridized carbons (Fsp3) is 0.857. The number of hydrogen-bond acceptors (Lipinski definition) is 5. The minimum Gasteiger partial charge on any atom is -0.469 e. The Balaban J connectivity index is 1.76. The van der Waals surface area contributed by atoms with E-state index >= 15 is 0 Å². The average molecular weight is 284 g/mol. The van der Waals surface area contributed by atoms with E-state index in [4.69, 9.17) is 4.74 Å². The number of carbonyl (C=O) groups is 2. The van der Waals surface area contributed by atoms with E-state index in [1.165, 1.54) is 7.11 Å². The average Bonchev–Trinajstić information content (AvgIpc) is 2.77. The largest absolute Gasteiger partial charge is 0.469 e. The molecule has 1 amide bonds. The highest BCUT2D eigenvalue weighted by atomic mass is 16.5. The topological polar surface area (TPSA) is 70.1 Å². The predicted octanol–water partition coefficient (Wildman–Crippen LogP) is -0.145. The van der Waals surface area contributed by atoms with Crippen molar-refractivity contribution in [3.8, 4) is 0 Å². The Morgan fingerprint density at radius 2 is 1.95 bits per heavy atom. The molecular weight excluding hydrogens is 260 g/mol. The molecule has 0 radical (unpaired) electrons. The van der Waals surface area contributed by atoms with E-state index in [1.807, 2.05) is 9.80 Å². The standard InChI is InChI=1S/C14H24N2O4/c1-14(19)5-8-15(10-14)9-12(17)16-6-3-11(4-7-16)13(18)20-2/h11,19H,3-10H2,1-2H3. The molecule has 1 unspecified atom stereocenters. The Labute approximate surface area is 119 Å². The number of rotatable bonds is 3. The van der Waals surface area contributed by atoms with Crippen molar-refractivity contribution in [1.82, 2.24) is 9.80 Å². The second-order valence-electron chi connectivity index (χ2n) is 6.14. The molecule has 2 fully saturated rings.